The second-order valence-electron chi connectivity index (χ2n) is 3.67. The number of benzene rings is 1. The molecule has 1 unspecified atom stereocenters. The monoisotopic (exact) mass is 302 g/mol. The maximum atomic E-state index is 13.0. The molecule has 0 amide bonds. The fraction of sp³-hybridized carbons (Fsp3) is 0.400. The highest BCUT2D eigenvalue weighted by Gasteiger charge is 2.33. The number of ether oxygens (including phenoxy) is 1. The molecule has 0 aromatic heterocycles. The van der Waals surface area contributed by atoms with Gasteiger partial charge in [0.05, 0.1) is 6.26 Å². The molecule has 1 aromatic carbocycles. The van der Waals surface area contributed by atoms with Crippen molar-refractivity contribution in [2.45, 2.75) is 19.4 Å². The first-order valence-electron chi connectivity index (χ1n) is 4.91. The molecule has 1 rings (SSSR count). The molecule has 9 heteroatoms. The Kier molecular flexibility index (Phi) is 4.41. The van der Waals surface area contributed by atoms with Gasteiger partial charge in [-0.25, -0.2) is 4.39 Å². The van der Waals surface area contributed by atoms with Gasteiger partial charge in [0.25, 0.3) is 10.1 Å². The lowest BCUT2D eigenvalue weighted by Gasteiger charge is -2.17. The Hall–Kier alpha value is -1.35. The molecule has 0 fully saturated rings. The minimum Gasteiger partial charge on any atom is -0.405 e. The van der Waals surface area contributed by atoms with Crippen LogP contribution in [0.15, 0.2) is 18.2 Å². The Labute approximate surface area is 107 Å². The molecule has 0 saturated heterocycles. The van der Waals surface area contributed by atoms with E-state index in [0.29, 0.717) is 0 Å². The molecule has 1 aromatic rings. The van der Waals surface area contributed by atoms with E-state index < -0.39 is 34.2 Å². The van der Waals surface area contributed by atoms with Crippen molar-refractivity contribution in [3.63, 3.8) is 0 Å². The summed E-state index contributed by atoms with van der Waals surface area (Å²) in [6, 6.07) is 2.23. The Morgan fingerprint density at radius 2 is 1.84 bits per heavy atom. The fourth-order valence-electron chi connectivity index (χ4n) is 1.37. The van der Waals surface area contributed by atoms with E-state index in [-0.39, 0.29) is 5.56 Å². The molecule has 0 heterocycles. The van der Waals surface area contributed by atoms with Crippen LogP contribution in [0.3, 0.4) is 0 Å². The van der Waals surface area contributed by atoms with E-state index in [9.17, 15) is 26.0 Å². The van der Waals surface area contributed by atoms with Crippen LogP contribution in [0, 0.1) is 5.82 Å². The van der Waals surface area contributed by atoms with Crippen LogP contribution in [-0.4, -0.2) is 21.0 Å². The lowest BCUT2D eigenvalue weighted by atomic mass is 10.1. The smallest absolute Gasteiger partial charge is 0.405 e. The predicted molar refractivity (Wildman–Crippen MR) is 57.4 cm³/mol. The van der Waals surface area contributed by atoms with Gasteiger partial charge >= 0.3 is 6.36 Å². The minimum atomic E-state index is -4.97. The summed E-state index contributed by atoms with van der Waals surface area (Å²) in [5, 5.41) is 0. The molecule has 0 spiro atoms. The quantitative estimate of drug-likeness (QED) is 0.634. The molecule has 0 bridgehead atoms. The van der Waals surface area contributed by atoms with Crippen molar-refractivity contribution in [2.75, 3.05) is 6.26 Å². The van der Waals surface area contributed by atoms with Crippen LogP contribution in [0.2, 0.25) is 0 Å². The summed E-state index contributed by atoms with van der Waals surface area (Å²) in [6.45, 7) is 1.17. The normalized spacial score (nSPS) is 14.2. The lowest BCUT2D eigenvalue weighted by molar-refractivity contribution is -0.275. The van der Waals surface area contributed by atoms with E-state index in [2.05, 4.69) is 8.92 Å². The summed E-state index contributed by atoms with van der Waals surface area (Å²) in [5.74, 6) is -1.56. The van der Waals surface area contributed by atoms with Gasteiger partial charge in [-0.05, 0) is 25.1 Å². The highest BCUT2D eigenvalue weighted by Crippen LogP contribution is 2.33. The summed E-state index contributed by atoms with van der Waals surface area (Å²) >= 11 is 0. The largest absolute Gasteiger partial charge is 0.573 e. The summed E-state index contributed by atoms with van der Waals surface area (Å²) in [5.41, 5.74) is -0.359. The molecular weight excluding hydrogens is 292 g/mol. The second-order valence-corrected chi connectivity index (χ2v) is 5.27. The number of rotatable bonds is 4. The zero-order chi connectivity index (χ0) is 14.8. The predicted octanol–water partition coefficient (Wildman–Crippen LogP) is 2.76. The van der Waals surface area contributed by atoms with Gasteiger partial charge in [0.2, 0.25) is 0 Å². The third kappa shape index (κ3) is 5.43. The van der Waals surface area contributed by atoms with Crippen molar-refractivity contribution in [3.8, 4) is 5.75 Å². The van der Waals surface area contributed by atoms with Crippen LogP contribution in [0.5, 0.6) is 5.75 Å². The molecule has 108 valence electrons. The first kappa shape index (κ1) is 15.7. The van der Waals surface area contributed by atoms with Crippen LogP contribution in [0.25, 0.3) is 0 Å². The van der Waals surface area contributed by atoms with Gasteiger partial charge in [-0.2, -0.15) is 8.42 Å². The van der Waals surface area contributed by atoms with Crippen LogP contribution >= 0.6 is 0 Å². The summed E-state index contributed by atoms with van der Waals surface area (Å²) in [4.78, 5) is 0. The molecule has 4 nitrogen and oxygen atoms in total. The number of hydrogen-bond acceptors (Lipinski definition) is 4. The van der Waals surface area contributed by atoms with Crippen molar-refractivity contribution in [3.05, 3.63) is 29.6 Å². The van der Waals surface area contributed by atoms with Crippen LogP contribution in [0.4, 0.5) is 17.6 Å². The SMILES string of the molecule is CC(OS(C)(=O)=O)c1cc(F)ccc1OC(F)(F)F. The van der Waals surface area contributed by atoms with E-state index in [1.54, 1.807) is 0 Å². The zero-order valence-corrected chi connectivity index (χ0v) is 10.7. The van der Waals surface area contributed by atoms with Crippen molar-refractivity contribution in [2.24, 2.45) is 0 Å². The van der Waals surface area contributed by atoms with E-state index in [1.165, 1.54) is 6.92 Å². The maximum absolute atomic E-state index is 13.0. The van der Waals surface area contributed by atoms with Gasteiger partial charge in [0.15, 0.2) is 0 Å². The molecule has 0 aliphatic heterocycles. The molecule has 0 aliphatic rings. The highest BCUT2D eigenvalue weighted by molar-refractivity contribution is 7.86. The third-order valence-electron chi connectivity index (χ3n) is 1.95. The average molecular weight is 302 g/mol. The average Bonchev–Trinajstić information content (AvgIpc) is 2.16. The minimum absolute atomic E-state index is 0.359. The Bertz CT molecular complexity index is 553. The lowest BCUT2D eigenvalue weighted by Crippen LogP contribution is -2.19. The number of halogens is 4. The third-order valence-corrected chi connectivity index (χ3v) is 2.59. The zero-order valence-electron chi connectivity index (χ0n) is 9.86. The summed E-state index contributed by atoms with van der Waals surface area (Å²) in [7, 11) is -3.90. The highest BCUT2D eigenvalue weighted by atomic mass is 32.2. The fourth-order valence-corrected chi connectivity index (χ4v) is 2.00. The van der Waals surface area contributed by atoms with Crippen LogP contribution < -0.4 is 4.74 Å². The molecule has 19 heavy (non-hydrogen) atoms. The Morgan fingerprint density at radius 3 is 2.32 bits per heavy atom. The molecule has 0 N–H and O–H groups in total. The Morgan fingerprint density at radius 1 is 1.26 bits per heavy atom. The Balaban J connectivity index is 3.13. The van der Waals surface area contributed by atoms with Crippen molar-refractivity contribution >= 4 is 10.1 Å². The molecular formula is C10H10F4O4S. The van der Waals surface area contributed by atoms with Crippen molar-refractivity contribution < 1.29 is 34.9 Å². The second kappa shape index (κ2) is 5.33. The van der Waals surface area contributed by atoms with E-state index in [1.807, 2.05) is 0 Å². The number of alkyl halides is 3. The van der Waals surface area contributed by atoms with Crippen LogP contribution in [0.1, 0.15) is 18.6 Å². The standard InChI is InChI=1S/C10H10F4O4S/c1-6(18-19(2,15)16)8-5-7(11)3-4-9(8)17-10(12,13)14/h3-6H,1-2H3. The van der Waals surface area contributed by atoms with Crippen LogP contribution in [-0.2, 0) is 14.3 Å². The number of hydrogen-bond donors (Lipinski definition) is 0. The summed E-state index contributed by atoms with van der Waals surface area (Å²) in [6.07, 6.45) is -5.56. The van der Waals surface area contributed by atoms with Gasteiger partial charge in [-0.15, -0.1) is 13.2 Å². The van der Waals surface area contributed by atoms with Gasteiger partial charge in [-0.3, -0.25) is 4.18 Å². The van der Waals surface area contributed by atoms with E-state index >= 15 is 0 Å². The van der Waals surface area contributed by atoms with Crippen molar-refractivity contribution in [1.29, 1.82) is 0 Å². The van der Waals surface area contributed by atoms with Gasteiger partial charge in [0.1, 0.15) is 17.7 Å². The first-order valence-corrected chi connectivity index (χ1v) is 6.73. The van der Waals surface area contributed by atoms with E-state index in [0.717, 1.165) is 24.5 Å². The summed E-state index contributed by atoms with van der Waals surface area (Å²) < 4.78 is 79.5. The van der Waals surface area contributed by atoms with Crippen molar-refractivity contribution in [1.82, 2.24) is 0 Å². The maximum Gasteiger partial charge on any atom is 0.573 e. The molecule has 0 radical (unpaired) electrons. The van der Waals surface area contributed by atoms with E-state index in [4.69, 9.17) is 0 Å². The van der Waals surface area contributed by atoms with Gasteiger partial charge in [-0.1, -0.05) is 0 Å². The topological polar surface area (TPSA) is 52.6 Å². The van der Waals surface area contributed by atoms with Gasteiger partial charge in [0, 0.05) is 5.56 Å². The van der Waals surface area contributed by atoms with Gasteiger partial charge < -0.3 is 4.74 Å². The molecule has 1 atom stereocenters. The molecule has 0 saturated carbocycles. The molecule has 0 aliphatic carbocycles. The first-order chi connectivity index (χ1) is 8.48.